The SMILES string of the molecule is NC(=O)[C@H](CCC(=O)O)n1c(O)c2cccc(N)c2c1O. The van der Waals surface area contributed by atoms with Gasteiger partial charge in [0.1, 0.15) is 6.04 Å². The molecule has 1 aromatic carbocycles. The molecule has 0 spiro atoms. The van der Waals surface area contributed by atoms with Crippen LogP contribution >= 0.6 is 0 Å². The molecule has 1 amide bonds. The number of carbonyl (C=O) groups excluding carboxylic acids is 1. The van der Waals surface area contributed by atoms with E-state index in [1.54, 1.807) is 6.07 Å². The van der Waals surface area contributed by atoms with Crippen molar-refractivity contribution in [1.82, 2.24) is 4.57 Å². The van der Waals surface area contributed by atoms with Gasteiger partial charge in [-0.15, -0.1) is 0 Å². The van der Waals surface area contributed by atoms with Crippen LogP contribution in [0.15, 0.2) is 18.2 Å². The summed E-state index contributed by atoms with van der Waals surface area (Å²) in [6.07, 6.45) is -0.497. The van der Waals surface area contributed by atoms with E-state index < -0.39 is 23.8 Å². The molecule has 0 saturated heterocycles. The van der Waals surface area contributed by atoms with Crippen molar-refractivity contribution >= 4 is 28.3 Å². The summed E-state index contributed by atoms with van der Waals surface area (Å²) >= 11 is 0. The Morgan fingerprint density at radius 1 is 1.24 bits per heavy atom. The van der Waals surface area contributed by atoms with Crippen LogP contribution in [-0.2, 0) is 9.59 Å². The minimum Gasteiger partial charge on any atom is -0.494 e. The van der Waals surface area contributed by atoms with Gasteiger partial charge in [-0.05, 0) is 18.6 Å². The first-order valence-electron chi connectivity index (χ1n) is 6.16. The molecule has 0 aliphatic heterocycles. The molecule has 1 atom stereocenters. The molecule has 0 unspecified atom stereocenters. The van der Waals surface area contributed by atoms with Crippen molar-refractivity contribution in [2.24, 2.45) is 5.73 Å². The minimum absolute atomic E-state index is 0.160. The Kier molecular flexibility index (Phi) is 3.62. The molecule has 1 aromatic heterocycles. The van der Waals surface area contributed by atoms with Gasteiger partial charge >= 0.3 is 5.97 Å². The Morgan fingerprint density at radius 2 is 1.90 bits per heavy atom. The largest absolute Gasteiger partial charge is 0.494 e. The molecule has 2 rings (SSSR count). The molecular weight excluding hydrogens is 278 g/mol. The number of benzene rings is 1. The number of aromatic hydroxyl groups is 2. The zero-order valence-corrected chi connectivity index (χ0v) is 11.0. The highest BCUT2D eigenvalue weighted by molar-refractivity contribution is 6.01. The molecule has 0 radical (unpaired) electrons. The van der Waals surface area contributed by atoms with Crippen molar-refractivity contribution in [3.05, 3.63) is 18.2 Å². The maximum Gasteiger partial charge on any atom is 0.303 e. The number of nitrogen functional groups attached to an aromatic ring is 1. The van der Waals surface area contributed by atoms with Crippen LogP contribution < -0.4 is 11.5 Å². The van der Waals surface area contributed by atoms with Crippen LogP contribution in [0.5, 0.6) is 11.8 Å². The number of rotatable bonds is 5. The van der Waals surface area contributed by atoms with Crippen molar-refractivity contribution in [2.45, 2.75) is 18.9 Å². The third kappa shape index (κ3) is 2.42. The number of anilines is 1. The van der Waals surface area contributed by atoms with Crippen LogP contribution in [0.25, 0.3) is 10.8 Å². The maximum atomic E-state index is 11.5. The van der Waals surface area contributed by atoms with Crippen LogP contribution in [0, 0.1) is 0 Å². The number of hydrogen-bond donors (Lipinski definition) is 5. The van der Waals surface area contributed by atoms with E-state index in [9.17, 15) is 19.8 Å². The summed E-state index contributed by atoms with van der Waals surface area (Å²) in [4.78, 5) is 22.2. The van der Waals surface area contributed by atoms with Crippen LogP contribution in [0.2, 0.25) is 0 Å². The van der Waals surface area contributed by atoms with E-state index in [1.807, 2.05) is 0 Å². The van der Waals surface area contributed by atoms with E-state index >= 15 is 0 Å². The average Bonchev–Trinajstić information content (AvgIpc) is 2.64. The van der Waals surface area contributed by atoms with Crippen LogP contribution in [0.4, 0.5) is 5.69 Å². The molecule has 8 heteroatoms. The quantitative estimate of drug-likeness (QED) is 0.507. The Labute approximate surface area is 119 Å². The van der Waals surface area contributed by atoms with Crippen LogP contribution in [0.1, 0.15) is 18.9 Å². The van der Waals surface area contributed by atoms with E-state index in [1.165, 1.54) is 12.1 Å². The minimum atomic E-state index is -1.19. The summed E-state index contributed by atoms with van der Waals surface area (Å²) in [6.45, 7) is 0. The molecule has 0 bridgehead atoms. The lowest BCUT2D eigenvalue weighted by Gasteiger charge is -2.16. The number of fused-ring (bicyclic) bond motifs is 1. The van der Waals surface area contributed by atoms with Gasteiger partial charge in [-0.25, -0.2) is 0 Å². The molecule has 0 aliphatic rings. The second-order valence-electron chi connectivity index (χ2n) is 4.64. The fourth-order valence-electron chi connectivity index (χ4n) is 2.31. The van der Waals surface area contributed by atoms with Gasteiger partial charge < -0.3 is 26.8 Å². The second kappa shape index (κ2) is 5.23. The summed E-state index contributed by atoms with van der Waals surface area (Å²) in [6, 6.07) is 3.44. The van der Waals surface area contributed by atoms with Gasteiger partial charge in [-0.3, -0.25) is 14.2 Å². The Bertz CT molecular complexity index is 722. The first kappa shape index (κ1) is 14.5. The van der Waals surface area contributed by atoms with Crippen molar-refractivity contribution in [2.75, 3.05) is 5.73 Å². The van der Waals surface area contributed by atoms with E-state index in [0.29, 0.717) is 0 Å². The third-order valence-corrected chi connectivity index (χ3v) is 3.29. The maximum absolute atomic E-state index is 11.5. The number of aromatic nitrogens is 1. The summed E-state index contributed by atoms with van der Waals surface area (Å²) in [5.74, 6) is -2.78. The lowest BCUT2D eigenvalue weighted by atomic mass is 10.1. The topological polar surface area (TPSA) is 152 Å². The molecule has 7 N–H and O–H groups in total. The summed E-state index contributed by atoms with van der Waals surface area (Å²) < 4.78 is 0.909. The highest BCUT2D eigenvalue weighted by Gasteiger charge is 2.27. The highest BCUT2D eigenvalue weighted by Crippen LogP contribution is 2.42. The number of nitrogens with zero attached hydrogens (tertiary/aromatic N) is 1. The van der Waals surface area contributed by atoms with E-state index in [-0.39, 0.29) is 35.2 Å². The Hall–Kier alpha value is -2.90. The smallest absolute Gasteiger partial charge is 0.303 e. The van der Waals surface area contributed by atoms with E-state index in [2.05, 4.69) is 0 Å². The predicted molar refractivity (Wildman–Crippen MR) is 74.8 cm³/mol. The first-order chi connectivity index (χ1) is 9.84. The molecule has 0 saturated carbocycles. The third-order valence-electron chi connectivity index (χ3n) is 3.29. The standard InChI is InChI=1S/C13H15N3O5/c14-7-3-1-2-6-10(7)13(21)16(12(6)20)8(11(15)19)4-5-9(17)18/h1-3,8,20-21H,4-5,14H2,(H2,15,19)(H,17,18)/t8-/m0/s1. The Balaban J connectivity index is 2.60. The molecule has 1 heterocycles. The van der Waals surface area contributed by atoms with Gasteiger partial charge in [0.05, 0.1) is 5.39 Å². The normalized spacial score (nSPS) is 12.4. The van der Waals surface area contributed by atoms with Crippen molar-refractivity contribution in [3.63, 3.8) is 0 Å². The van der Waals surface area contributed by atoms with Crippen LogP contribution in [0.3, 0.4) is 0 Å². The lowest BCUT2D eigenvalue weighted by Crippen LogP contribution is -2.26. The summed E-state index contributed by atoms with van der Waals surface area (Å²) in [5, 5.41) is 29.5. The Morgan fingerprint density at radius 3 is 2.43 bits per heavy atom. The second-order valence-corrected chi connectivity index (χ2v) is 4.64. The highest BCUT2D eigenvalue weighted by atomic mass is 16.4. The van der Waals surface area contributed by atoms with Crippen molar-refractivity contribution < 1.29 is 24.9 Å². The van der Waals surface area contributed by atoms with Crippen LogP contribution in [-0.4, -0.2) is 31.8 Å². The fourth-order valence-corrected chi connectivity index (χ4v) is 2.31. The molecule has 21 heavy (non-hydrogen) atoms. The molecule has 112 valence electrons. The molecule has 2 aromatic rings. The van der Waals surface area contributed by atoms with Gasteiger partial charge in [0.15, 0.2) is 0 Å². The number of primary amides is 1. The number of carboxylic acids is 1. The molecule has 8 nitrogen and oxygen atoms in total. The average molecular weight is 293 g/mol. The number of nitrogens with two attached hydrogens (primary N) is 2. The number of carbonyl (C=O) groups is 2. The molecule has 0 fully saturated rings. The van der Waals surface area contributed by atoms with E-state index in [0.717, 1.165) is 4.57 Å². The summed E-state index contributed by atoms with van der Waals surface area (Å²) in [7, 11) is 0. The number of amides is 1. The molecular formula is C13H15N3O5. The number of aliphatic carboxylic acids is 1. The zero-order chi connectivity index (χ0) is 15.7. The zero-order valence-electron chi connectivity index (χ0n) is 11.0. The predicted octanol–water partition coefficient (Wildman–Crippen LogP) is 0.526. The van der Waals surface area contributed by atoms with Crippen molar-refractivity contribution in [3.8, 4) is 11.8 Å². The van der Waals surface area contributed by atoms with Gasteiger partial charge in [0.25, 0.3) is 0 Å². The van der Waals surface area contributed by atoms with E-state index in [4.69, 9.17) is 16.6 Å². The number of hydrogen-bond acceptors (Lipinski definition) is 5. The van der Waals surface area contributed by atoms with Gasteiger partial charge in [0, 0.05) is 17.5 Å². The molecule has 0 aliphatic carbocycles. The van der Waals surface area contributed by atoms with Crippen molar-refractivity contribution in [1.29, 1.82) is 0 Å². The monoisotopic (exact) mass is 293 g/mol. The fraction of sp³-hybridized carbons (Fsp3) is 0.231. The first-order valence-corrected chi connectivity index (χ1v) is 6.16. The summed E-state index contributed by atoms with van der Waals surface area (Å²) in [5.41, 5.74) is 11.2. The number of carboxylic acid groups (broad SMARTS) is 1. The van der Waals surface area contributed by atoms with Gasteiger partial charge in [-0.2, -0.15) is 0 Å². The van der Waals surface area contributed by atoms with Gasteiger partial charge in [-0.1, -0.05) is 6.07 Å². The van der Waals surface area contributed by atoms with Gasteiger partial charge in [0.2, 0.25) is 17.7 Å². The lowest BCUT2D eigenvalue weighted by molar-refractivity contribution is -0.137.